The molecule has 7 heteroatoms. The Kier molecular flexibility index (Phi) is 4.88. The average molecular weight is 430 g/mol. The van der Waals surface area contributed by atoms with Gasteiger partial charge in [0.15, 0.2) is 0 Å². The molecule has 2 aliphatic rings. The molecule has 1 spiro atoms. The minimum Gasteiger partial charge on any atom is -0.459 e. The monoisotopic (exact) mass is 429 g/mol. The molecule has 3 atom stereocenters. The Morgan fingerprint density at radius 3 is 2.65 bits per heavy atom. The van der Waals surface area contributed by atoms with Crippen molar-refractivity contribution < 1.29 is 23.1 Å². The Morgan fingerprint density at radius 1 is 1.46 bits per heavy atom. The van der Waals surface area contributed by atoms with Gasteiger partial charge in [-0.2, -0.15) is 0 Å². The third-order valence-electron chi connectivity index (χ3n) is 4.79. The highest BCUT2D eigenvalue weighted by atomic mass is 79.9. The second-order valence-corrected chi connectivity index (χ2v) is 8.65. The zero-order valence-electron chi connectivity index (χ0n) is 15.0. The normalized spacial score (nSPS) is 25.8. The Morgan fingerprint density at radius 2 is 2.12 bits per heavy atom. The highest BCUT2D eigenvalue weighted by Gasteiger charge is 2.61. The summed E-state index contributed by atoms with van der Waals surface area (Å²) in [5.41, 5.74) is -0.184. The lowest BCUT2D eigenvalue weighted by Gasteiger charge is -2.35. The number of nitrogens with zero attached hydrogens (tertiary/aromatic N) is 1. The Balaban J connectivity index is 1.89. The number of carbonyl (C=O) groups excluding carboxylic acids is 2. The molecule has 0 N–H and O–H groups in total. The summed E-state index contributed by atoms with van der Waals surface area (Å²) in [6, 6.07) is 4.68. The molecular formula is C19H22BrF2NO3. The van der Waals surface area contributed by atoms with E-state index in [0.717, 1.165) is 0 Å². The van der Waals surface area contributed by atoms with Crippen molar-refractivity contribution in [3.63, 3.8) is 0 Å². The molecule has 1 aliphatic heterocycles. The van der Waals surface area contributed by atoms with E-state index in [0.29, 0.717) is 16.7 Å². The van der Waals surface area contributed by atoms with E-state index in [-0.39, 0.29) is 30.7 Å². The molecule has 1 aromatic rings. The first-order valence-electron chi connectivity index (χ1n) is 8.57. The van der Waals surface area contributed by atoms with Crippen LogP contribution in [0, 0.1) is 0 Å². The Bertz CT molecular complexity index is 749. The van der Waals surface area contributed by atoms with E-state index in [9.17, 15) is 18.4 Å². The number of fused-ring (bicyclic) bond motifs is 2. The van der Waals surface area contributed by atoms with Crippen LogP contribution >= 0.6 is 15.9 Å². The molecule has 0 bridgehead atoms. The van der Waals surface area contributed by atoms with Crippen molar-refractivity contribution in [3.05, 3.63) is 34.9 Å². The molecule has 1 aromatic carbocycles. The number of amides is 1. The van der Waals surface area contributed by atoms with Crippen molar-refractivity contribution in [1.29, 1.82) is 0 Å². The van der Waals surface area contributed by atoms with E-state index in [1.807, 2.05) is 0 Å². The molecule has 2 unspecified atom stereocenters. The lowest BCUT2D eigenvalue weighted by Crippen LogP contribution is -2.47. The van der Waals surface area contributed by atoms with Crippen LogP contribution in [0.2, 0.25) is 0 Å². The number of hydrogen-bond acceptors (Lipinski definition) is 3. The van der Waals surface area contributed by atoms with Crippen molar-refractivity contribution in [3.8, 4) is 0 Å². The molecule has 26 heavy (non-hydrogen) atoms. The third kappa shape index (κ3) is 3.50. The summed E-state index contributed by atoms with van der Waals surface area (Å²) < 4.78 is 33.6. The molecule has 1 amide bonds. The van der Waals surface area contributed by atoms with Crippen molar-refractivity contribution in [2.75, 3.05) is 18.4 Å². The maximum Gasteiger partial charge on any atom is 0.326 e. The van der Waals surface area contributed by atoms with Crippen molar-refractivity contribution in [2.45, 2.75) is 50.6 Å². The zero-order valence-corrected chi connectivity index (χ0v) is 16.6. The molecule has 0 radical (unpaired) electrons. The van der Waals surface area contributed by atoms with Crippen LogP contribution in [0.15, 0.2) is 18.2 Å². The summed E-state index contributed by atoms with van der Waals surface area (Å²) >= 11 is 3.10. The zero-order chi connectivity index (χ0) is 19.3. The van der Waals surface area contributed by atoms with Crippen molar-refractivity contribution >= 4 is 27.8 Å². The van der Waals surface area contributed by atoms with Crippen LogP contribution in [0.1, 0.15) is 54.8 Å². The molecule has 1 saturated carbocycles. The molecule has 3 rings (SSSR count). The molecule has 1 aliphatic carbocycles. The van der Waals surface area contributed by atoms with Gasteiger partial charge in [-0.05, 0) is 44.4 Å². The summed E-state index contributed by atoms with van der Waals surface area (Å²) in [6.45, 7) is 5.12. The molecular weight excluding hydrogens is 408 g/mol. The number of rotatable bonds is 4. The van der Waals surface area contributed by atoms with Gasteiger partial charge in [-0.25, -0.2) is 8.78 Å². The van der Waals surface area contributed by atoms with E-state index >= 15 is 0 Å². The summed E-state index contributed by atoms with van der Waals surface area (Å²) in [4.78, 5) is 26.2. The van der Waals surface area contributed by atoms with Gasteiger partial charge in [0.05, 0.1) is 0 Å². The van der Waals surface area contributed by atoms with Crippen LogP contribution < -0.4 is 0 Å². The van der Waals surface area contributed by atoms with Crippen LogP contribution in [-0.4, -0.2) is 47.0 Å². The van der Waals surface area contributed by atoms with Crippen LogP contribution in [0.5, 0.6) is 0 Å². The SMILES string of the molecule is CC(C)(C)OC(=O)CN1C[C@@]2(CC2F)c2cc(C(F)CBr)ccc2C1=O. The van der Waals surface area contributed by atoms with Gasteiger partial charge in [0.1, 0.15) is 24.5 Å². The van der Waals surface area contributed by atoms with Gasteiger partial charge >= 0.3 is 5.97 Å². The van der Waals surface area contributed by atoms with Gasteiger partial charge in [-0.15, -0.1) is 0 Å². The molecule has 1 heterocycles. The molecule has 4 nitrogen and oxygen atoms in total. The largest absolute Gasteiger partial charge is 0.459 e. The second-order valence-electron chi connectivity index (χ2n) is 8.00. The van der Waals surface area contributed by atoms with Gasteiger partial charge in [0.2, 0.25) is 0 Å². The molecule has 0 aromatic heterocycles. The number of carbonyl (C=O) groups is 2. The van der Waals surface area contributed by atoms with Crippen LogP contribution in [0.3, 0.4) is 0 Å². The Hall–Kier alpha value is -1.50. The predicted molar refractivity (Wildman–Crippen MR) is 97.0 cm³/mol. The van der Waals surface area contributed by atoms with Gasteiger partial charge in [0.25, 0.3) is 5.91 Å². The van der Waals surface area contributed by atoms with Crippen molar-refractivity contribution in [2.24, 2.45) is 0 Å². The highest BCUT2D eigenvalue weighted by Crippen LogP contribution is 2.55. The molecule has 0 saturated heterocycles. The van der Waals surface area contributed by atoms with E-state index in [2.05, 4.69) is 15.9 Å². The molecule has 1 fully saturated rings. The smallest absolute Gasteiger partial charge is 0.326 e. The van der Waals surface area contributed by atoms with E-state index in [4.69, 9.17) is 4.74 Å². The maximum absolute atomic E-state index is 14.3. The third-order valence-corrected chi connectivity index (χ3v) is 5.36. The number of ether oxygens (including phenoxy) is 1. The predicted octanol–water partition coefficient (Wildman–Crippen LogP) is 3.87. The van der Waals surface area contributed by atoms with E-state index in [1.54, 1.807) is 32.9 Å². The van der Waals surface area contributed by atoms with Gasteiger partial charge in [-0.1, -0.05) is 28.1 Å². The van der Waals surface area contributed by atoms with Crippen LogP contribution in [0.4, 0.5) is 8.78 Å². The summed E-state index contributed by atoms with van der Waals surface area (Å²) in [5.74, 6) is -0.878. The topological polar surface area (TPSA) is 46.6 Å². The number of benzene rings is 1. The fourth-order valence-electron chi connectivity index (χ4n) is 3.47. The summed E-state index contributed by atoms with van der Waals surface area (Å²) in [7, 11) is 0. The fraction of sp³-hybridized carbons (Fsp3) is 0.579. The lowest BCUT2D eigenvalue weighted by atomic mass is 9.84. The lowest BCUT2D eigenvalue weighted by molar-refractivity contribution is -0.155. The number of hydrogen-bond donors (Lipinski definition) is 0. The van der Waals surface area contributed by atoms with E-state index < -0.39 is 29.3 Å². The Labute approximate surface area is 160 Å². The number of esters is 1. The molecule has 142 valence electrons. The van der Waals surface area contributed by atoms with Gasteiger partial charge in [0, 0.05) is 22.9 Å². The van der Waals surface area contributed by atoms with Gasteiger partial charge < -0.3 is 9.64 Å². The number of alkyl halides is 3. The first-order valence-corrected chi connectivity index (χ1v) is 9.69. The standard InChI is InChI=1S/C19H22BrF2NO3/c1-18(2,3)26-16(24)9-23-10-19(7-15(19)22)13-6-11(14(21)8-20)4-5-12(13)17(23)25/h4-6,14-15H,7-10H2,1-3H3/t14?,15?,19-/m0/s1. The maximum atomic E-state index is 14.3. The van der Waals surface area contributed by atoms with Gasteiger partial charge in [-0.3, -0.25) is 9.59 Å². The first-order chi connectivity index (χ1) is 12.1. The quantitative estimate of drug-likeness (QED) is 0.538. The average Bonchev–Trinajstić information content (AvgIpc) is 3.19. The van der Waals surface area contributed by atoms with Crippen LogP contribution in [-0.2, 0) is 14.9 Å². The summed E-state index contributed by atoms with van der Waals surface area (Å²) in [6.07, 6.45) is -2.05. The minimum atomic E-state index is -1.22. The van der Waals surface area contributed by atoms with Crippen molar-refractivity contribution in [1.82, 2.24) is 4.90 Å². The summed E-state index contributed by atoms with van der Waals surface area (Å²) in [5, 5.41) is 0.135. The highest BCUT2D eigenvalue weighted by molar-refractivity contribution is 9.09. The van der Waals surface area contributed by atoms with E-state index in [1.165, 1.54) is 11.0 Å². The number of halogens is 3. The minimum absolute atomic E-state index is 0.105. The van der Waals surface area contributed by atoms with Crippen LogP contribution in [0.25, 0.3) is 0 Å². The first kappa shape index (κ1) is 19.3. The fourth-order valence-corrected chi connectivity index (χ4v) is 3.85. The second kappa shape index (κ2) is 6.59.